The normalized spacial score (nSPS) is 19.0. The van der Waals surface area contributed by atoms with Crippen LogP contribution in [0.1, 0.15) is 59.7 Å². The largest absolute Gasteiger partial charge is 0.337 e. The average Bonchev–Trinajstić information content (AvgIpc) is 2.72. The molecule has 2 aromatic rings. The number of hydrogen-bond donors (Lipinski definition) is 1. The Morgan fingerprint density at radius 1 is 1.24 bits per heavy atom. The second-order valence-electron chi connectivity index (χ2n) is 7.59. The summed E-state index contributed by atoms with van der Waals surface area (Å²) in [4.78, 5) is 48.3. The summed E-state index contributed by atoms with van der Waals surface area (Å²) in [6.45, 7) is 2.81. The Balaban J connectivity index is 1.68. The first kappa shape index (κ1) is 19.3. The molecule has 1 N–H and O–H groups in total. The number of aromatic amines is 1. The first-order valence-electron chi connectivity index (χ1n) is 9.88. The summed E-state index contributed by atoms with van der Waals surface area (Å²) in [5.41, 5.74) is 1.26. The number of halogens is 1. The summed E-state index contributed by atoms with van der Waals surface area (Å²) in [7, 11) is 0. The van der Waals surface area contributed by atoms with E-state index >= 15 is 0 Å². The molecule has 0 unspecified atom stereocenters. The highest BCUT2D eigenvalue weighted by Gasteiger charge is 2.32. The number of amides is 2. The Hall–Kier alpha value is -3.03. The number of aromatic nitrogens is 2. The third-order valence-corrected chi connectivity index (χ3v) is 5.69. The highest BCUT2D eigenvalue weighted by atomic mass is 19.1. The minimum absolute atomic E-state index is 0.0557. The molecule has 1 aromatic heterocycles. The standard InChI is InChI=1S/C21H23FN4O3/c1-13(27)25-10-8-16-17(12-25)23-19(24-20(16)28)18-7-2-3-9-26(18)21(29)14-5-4-6-15(22)11-14/h4-6,11,18H,2-3,7-10,12H2,1H3,(H,23,24,28)/t18-/m0/s1. The third-order valence-electron chi connectivity index (χ3n) is 5.69. The number of nitrogens with one attached hydrogen (secondary N) is 1. The number of piperidine rings is 1. The van der Waals surface area contributed by atoms with Gasteiger partial charge in [-0.2, -0.15) is 0 Å². The maximum Gasteiger partial charge on any atom is 0.254 e. The molecule has 0 bridgehead atoms. The van der Waals surface area contributed by atoms with Gasteiger partial charge in [-0.25, -0.2) is 9.37 Å². The molecule has 2 aliphatic heterocycles. The molecule has 4 rings (SSSR count). The number of carbonyl (C=O) groups is 2. The first-order chi connectivity index (χ1) is 13.9. The summed E-state index contributed by atoms with van der Waals surface area (Å²) in [5.74, 6) is -0.363. The molecule has 0 spiro atoms. The molecule has 7 nitrogen and oxygen atoms in total. The highest BCUT2D eigenvalue weighted by Crippen LogP contribution is 2.30. The van der Waals surface area contributed by atoms with Gasteiger partial charge in [0.05, 0.1) is 18.3 Å². The van der Waals surface area contributed by atoms with Crippen molar-refractivity contribution in [2.24, 2.45) is 0 Å². The van der Waals surface area contributed by atoms with Crippen LogP contribution >= 0.6 is 0 Å². The molecular formula is C21H23FN4O3. The van der Waals surface area contributed by atoms with E-state index in [2.05, 4.69) is 9.97 Å². The summed E-state index contributed by atoms with van der Waals surface area (Å²) >= 11 is 0. The zero-order valence-corrected chi connectivity index (χ0v) is 16.3. The molecule has 152 valence electrons. The van der Waals surface area contributed by atoms with Crippen LogP contribution in [0.5, 0.6) is 0 Å². The molecule has 0 saturated carbocycles. The van der Waals surface area contributed by atoms with Crippen LogP contribution in [0, 0.1) is 5.82 Å². The second-order valence-corrected chi connectivity index (χ2v) is 7.59. The van der Waals surface area contributed by atoms with Crippen molar-refractivity contribution in [2.75, 3.05) is 13.1 Å². The van der Waals surface area contributed by atoms with E-state index in [1.807, 2.05) is 0 Å². The summed E-state index contributed by atoms with van der Waals surface area (Å²) in [6, 6.07) is 5.24. The zero-order valence-electron chi connectivity index (χ0n) is 16.3. The van der Waals surface area contributed by atoms with Gasteiger partial charge in [0.2, 0.25) is 5.91 Å². The summed E-state index contributed by atoms with van der Waals surface area (Å²) in [6.07, 6.45) is 2.87. The van der Waals surface area contributed by atoms with Gasteiger partial charge in [0.25, 0.3) is 11.5 Å². The molecule has 3 heterocycles. The Labute approximate surface area is 167 Å². The van der Waals surface area contributed by atoms with Crippen LogP contribution in [0.15, 0.2) is 29.1 Å². The van der Waals surface area contributed by atoms with E-state index in [4.69, 9.17) is 0 Å². The molecule has 1 aromatic carbocycles. The fourth-order valence-corrected chi connectivity index (χ4v) is 4.13. The maximum atomic E-state index is 13.6. The van der Waals surface area contributed by atoms with Gasteiger partial charge in [-0.05, 0) is 43.9 Å². The van der Waals surface area contributed by atoms with Crippen molar-refractivity contribution in [1.29, 1.82) is 0 Å². The van der Waals surface area contributed by atoms with E-state index in [9.17, 15) is 18.8 Å². The van der Waals surface area contributed by atoms with Crippen LogP contribution in [0.2, 0.25) is 0 Å². The molecule has 2 amide bonds. The number of H-pyrrole nitrogens is 1. The lowest BCUT2D eigenvalue weighted by Crippen LogP contribution is -2.42. The fraction of sp³-hybridized carbons (Fsp3) is 0.429. The molecular weight excluding hydrogens is 375 g/mol. The quantitative estimate of drug-likeness (QED) is 0.840. The van der Waals surface area contributed by atoms with E-state index < -0.39 is 5.82 Å². The number of nitrogens with zero attached hydrogens (tertiary/aromatic N) is 3. The van der Waals surface area contributed by atoms with Crippen molar-refractivity contribution >= 4 is 11.8 Å². The number of benzene rings is 1. The highest BCUT2D eigenvalue weighted by molar-refractivity contribution is 5.94. The lowest BCUT2D eigenvalue weighted by atomic mass is 9.99. The monoisotopic (exact) mass is 398 g/mol. The van der Waals surface area contributed by atoms with Gasteiger partial charge in [-0.1, -0.05) is 6.07 Å². The third kappa shape index (κ3) is 3.79. The van der Waals surface area contributed by atoms with Crippen molar-refractivity contribution in [2.45, 2.75) is 45.2 Å². The lowest BCUT2D eigenvalue weighted by Gasteiger charge is -2.36. The Bertz CT molecular complexity index is 1020. The van der Waals surface area contributed by atoms with Gasteiger partial charge >= 0.3 is 0 Å². The lowest BCUT2D eigenvalue weighted by molar-refractivity contribution is -0.129. The van der Waals surface area contributed by atoms with Crippen molar-refractivity contribution < 1.29 is 14.0 Å². The SMILES string of the molecule is CC(=O)N1CCc2c(nc([C@@H]3CCCCN3C(=O)c3cccc(F)c3)[nH]c2=O)C1. The van der Waals surface area contributed by atoms with Crippen LogP contribution in [-0.2, 0) is 17.8 Å². The van der Waals surface area contributed by atoms with E-state index in [1.54, 1.807) is 15.9 Å². The zero-order chi connectivity index (χ0) is 20.5. The molecule has 0 radical (unpaired) electrons. The molecule has 0 aliphatic carbocycles. The number of rotatable bonds is 2. The second kappa shape index (κ2) is 7.77. The smallest absolute Gasteiger partial charge is 0.254 e. The van der Waals surface area contributed by atoms with Gasteiger partial charge in [0.15, 0.2) is 0 Å². The van der Waals surface area contributed by atoms with Crippen molar-refractivity contribution in [3.63, 3.8) is 0 Å². The van der Waals surface area contributed by atoms with E-state index in [0.717, 1.165) is 12.8 Å². The number of carbonyl (C=O) groups excluding carboxylic acids is 2. The van der Waals surface area contributed by atoms with E-state index in [-0.39, 0.29) is 29.0 Å². The first-order valence-corrected chi connectivity index (χ1v) is 9.88. The Morgan fingerprint density at radius 2 is 2.07 bits per heavy atom. The molecule has 8 heteroatoms. The van der Waals surface area contributed by atoms with E-state index in [1.165, 1.54) is 25.1 Å². The number of likely N-dealkylation sites (tertiary alicyclic amines) is 1. The molecule has 29 heavy (non-hydrogen) atoms. The summed E-state index contributed by atoms with van der Waals surface area (Å²) in [5, 5.41) is 0. The van der Waals surface area contributed by atoms with Crippen LogP contribution in [-0.4, -0.2) is 44.7 Å². The minimum atomic E-state index is -0.464. The predicted molar refractivity (Wildman–Crippen MR) is 104 cm³/mol. The summed E-state index contributed by atoms with van der Waals surface area (Å²) < 4.78 is 13.6. The topological polar surface area (TPSA) is 86.4 Å². The molecule has 1 saturated heterocycles. The van der Waals surface area contributed by atoms with Crippen molar-refractivity contribution in [3.8, 4) is 0 Å². The van der Waals surface area contributed by atoms with E-state index in [0.29, 0.717) is 49.6 Å². The molecule has 2 aliphatic rings. The maximum absolute atomic E-state index is 13.6. The van der Waals surface area contributed by atoms with Crippen LogP contribution < -0.4 is 5.56 Å². The Kier molecular flexibility index (Phi) is 5.17. The average molecular weight is 398 g/mol. The van der Waals surface area contributed by atoms with Gasteiger partial charge in [0, 0.05) is 31.1 Å². The van der Waals surface area contributed by atoms with Gasteiger partial charge in [-0.3, -0.25) is 14.4 Å². The fourth-order valence-electron chi connectivity index (χ4n) is 4.13. The van der Waals surface area contributed by atoms with Crippen molar-refractivity contribution in [1.82, 2.24) is 19.8 Å². The Morgan fingerprint density at radius 3 is 2.83 bits per heavy atom. The van der Waals surface area contributed by atoms with Gasteiger partial charge in [-0.15, -0.1) is 0 Å². The van der Waals surface area contributed by atoms with Crippen LogP contribution in [0.3, 0.4) is 0 Å². The molecule has 1 atom stereocenters. The van der Waals surface area contributed by atoms with Gasteiger partial charge in [0.1, 0.15) is 11.6 Å². The van der Waals surface area contributed by atoms with Crippen LogP contribution in [0.4, 0.5) is 4.39 Å². The number of fused-ring (bicyclic) bond motifs is 1. The van der Waals surface area contributed by atoms with Gasteiger partial charge < -0.3 is 14.8 Å². The minimum Gasteiger partial charge on any atom is -0.337 e. The molecule has 1 fully saturated rings. The number of hydrogen-bond acceptors (Lipinski definition) is 4. The van der Waals surface area contributed by atoms with Crippen LogP contribution in [0.25, 0.3) is 0 Å². The van der Waals surface area contributed by atoms with Crippen molar-refractivity contribution in [3.05, 3.63) is 63.1 Å². The predicted octanol–water partition coefficient (Wildman–Crippen LogP) is 2.18.